The minimum atomic E-state index is -4.08. The van der Waals surface area contributed by atoms with Crippen LogP contribution in [0.15, 0.2) is 71.6 Å². The van der Waals surface area contributed by atoms with Gasteiger partial charge >= 0.3 is 0 Å². The summed E-state index contributed by atoms with van der Waals surface area (Å²) in [5.41, 5.74) is 5.01. The van der Waals surface area contributed by atoms with Crippen molar-refractivity contribution in [3.8, 4) is 0 Å². The predicted molar refractivity (Wildman–Crippen MR) is 152 cm³/mol. The van der Waals surface area contributed by atoms with E-state index in [9.17, 15) is 18.0 Å². The standard InChI is InChI=1S/C30H37N3O4S/c1-7-31-30(35)25(6)32(19-26-12-8-21(2)9-13-26)29(34)20-33(27-17-23(4)16-24(5)18-27)38(36,37)28-14-10-22(3)11-15-28/h8-18,25H,7,19-20H2,1-6H3,(H,31,35)/t25-/m0/s1. The zero-order valence-electron chi connectivity index (χ0n) is 23.0. The van der Waals surface area contributed by atoms with Gasteiger partial charge in [-0.25, -0.2) is 8.42 Å². The van der Waals surface area contributed by atoms with Crippen LogP contribution in [-0.2, 0) is 26.2 Å². The molecule has 0 spiro atoms. The first-order chi connectivity index (χ1) is 17.9. The van der Waals surface area contributed by atoms with E-state index in [2.05, 4.69) is 5.32 Å². The minimum absolute atomic E-state index is 0.0944. The molecular weight excluding hydrogens is 498 g/mol. The first-order valence-corrected chi connectivity index (χ1v) is 14.2. The van der Waals surface area contributed by atoms with Crippen LogP contribution in [0.4, 0.5) is 5.69 Å². The lowest BCUT2D eigenvalue weighted by Gasteiger charge is -2.32. The highest BCUT2D eigenvalue weighted by molar-refractivity contribution is 7.92. The van der Waals surface area contributed by atoms with Crippen LogP contribution in [0, 0.1) is 27.7 Å². The molecule has 1 atom stereocenters. The third-order valence-corrected chi connectivity index (χ3v) is 8.16. The van der Waals surface area contributed by atoms with Gasteiger partial charge in [-0.05, 0) is 82.5 Å². The van der Waals surface area contributed by atoms with Crippen molar-refractivity contribution in [2.45, 2.75) is 59.0 Å². The smallest absolute Gasteiger partial charge is 0.264 e. The lowest BCUT2D eigenvalue weighted by molar-refractivity contribution is -0.139. The molecule has 0 saturated carbocycles. The first kappa shape index (κ1) is 28.9. The zero-order chi connectivity index (χ0) is 28.0. The number of nitrogens with zero attached hydrogens (tertiary/aromatic N) is 2. The summed E-state index contributed by atoms with van der Waals surface area (Å²) in [4.78, 5) is 28.2. The summed E-state index contributed by atoms with van der Waals surface area (Å²) in [5, 5.41) is 2.77. The van der Waals surface area contributed by atoms with Gasteiger partial charge in [0.2, 0.25) is 11.8 Å². The fourth-order valence-electron chi connectivity index (χ4n) is 4.26. The number of rotatable bonds is 10. The molecule has 2 amide bonds. The van der Waals surface area contributed by atoms with Gasteiger partial charge < -0.3 is 10.2 Å². The van der Waals surface area contributed by atoms with Gasteiger partial charge in [-0.15, -0.1) is 0 Å². The third kappa shape index (κ3) is 7.01. The normalized spacial score (nSPS) is 12.1. The maximum Gasteiger partial charge on any atom is 0.264 e. The number of benzene rings is 3. The molecule has 3 aromatic carbocycles. The van der Waals surface area contributed by atoms with Gasteiger partial charge in [0.1, 0.15) is 12.6 Å². The molecule has 1 N–H and O–H groups in total. The number of hydrogen-bond acceptors (Lipinski definition) is 4. The van der Waals surface area contributed by atoms with E-state index in [0.717, 1.165) is 32.1 Å². The molecule has 0 saturated heterocycles. The van der Waals surface area contributed by atoms with Crippen LogP contribution in [0.3, 0.4) is 0 Å². The Labute approximate surface area is 226 Å². The van der Waals surface area contributed by atoms with Crippen LogP contribution in [0.5, 0.6) is 0 Å². The highest BCUT2D eigenvalue weighted by atomic mass is 32.2. The van der Waals surface area contributed by atoms with Gasteiger partial charge in [0.15, 0.2) is 0 Å². The summed E-state index contributed by atoms with van der Waals surface area (Å²) >= 11 is 0. The lowest BCUT2D eigenvalue weighted by atomic mass is 10.1. The molecule has 3 aromatic rings. The Morgan fingerprint density at radius 1 is 0.816 bits per heavy atom. The van der Waals surface area contributed by atoms with Crippen LogP contribution < -0.4 is 9.62 Å². The van der Waals surface area contributed by atoms with E-state index in [0.29, 0.717) is 12.2 Å². The SMILES string of the molecule is CCNC(=O)[C@H](C)N(Cc1ccc(C)cc1)C(=O)CN(c1cc(C)cc(C)c1)S(=O)(=O)c1ccc(C)cc1. The van der Waals surface area contributed by atoms with E-state index in [1.165, 1.54) is 4.90 Å². The first-order valence-electron chi connectivity index (χ1n) is 12.7. The molecule has 0 aliphatic rings. The topological polar surface area (TPSA) is 86.8 Å². The molecule has 0 aromatic heterocycles. The molecule has 8 heteroatoms. The Morgan fingerprint density at radius 3 is 1.87 bits per heavy atom. The molecule has 202 valence electrons. The Hall–Kier alpha value is -3.65. The second-order valence-corrected chi connectivity index (χ2v) is 11.6. The van der Waals surface area contributed by atoms with Crippen molar-refractivity contribution >= 4 is 27.5 Å². The molecule has 0 aliphatic carbocycles. The summed E-state index contributed by atoms with van der Waals surface area (Å²) in [6.45, 7) is 11.2. The Balaban J connectivity index is 2.06. The molecule has 38 heavy (non-hydrogen) atoms. The third-order valence-electron chi connectivity index (χ3n) is 6.37. The Kier molecular flexibility index (Phi) is 9.33. The maximum atomic E-state index is 13.9. The quantitative estimate of drug-likeness (QED) is 0.409. The highest BCUT2D eigenvalue weighted by Crippen LogP contribution is 2.27. The van der Waals surface area contributed by atoms with E-state index in [1.54, 1.807) is 43.3 Å². The van der Waals surface area contributed by atoms with Gasteiger partial charge in [-0.3, -0.25) is 13.9 Å². The molecule has 0 aliphatic heterocycles. The largest absolute Gasteiger partial charge is 0.355 e. The van der Waals surface area contributed by atoms with Crippen molar-refractivity contribution in [3.05, 3.63) is 94.5 Å². The average Bonchev–Trinajstić information content (AvgIpc) is 2.86. The number of sulfonamides is 1. The molecule has 7 nitrogen and oxygen atoms in total. The van der Waals surface area contributed by atoms with Crippen molar-refractivity contribution in [1.29, 1.82) is 0 Å². The summed E-state index contributed by atoms with van der Waals surface area (Å²) in [6, 6.07) is 18.9. The van der Waals surface area contributed by atoms with Gasteiger partial charge in [0, 0.05) is 13.1 Å². The predicted octanol–water partition coefficient (Wildman–Crippen LogP) is 4.67. The average molecular weight is 536 g/mol. The molecular formula is C30H37N3O4S. The van der Waals surface area contributed by atoms with E-state index < -0.39 is 28.5 Å². The fraction of sp³-hybridized carbons (Fsp3) is 0.333. The van der Waals surface area contributed by atoms with Gasteiger partial charge in [0.05, 0.1) is 10.6 Å². The molecule has 0 unspecified atom stereocenters. The second-order valence-electron chi connectivity index (χ2n) is 9.75. The number of amides is 2. The number of carbonyl (C=O) groups is 2. The van der Waals surface area contributed by atoms with Crippen LogP contribution >= 0.6 is 0 Å². The number of nitrogens with one attached hydrogen (secondary N) is 1. The van der Waals surface area contributed by atoms with E-state index in [-0.39, 0.29) is 17.3 Å². The number of anilines is 1. The molecule has 3 rings (SSSR count). The van der Waals surface area contributed by atoms with Crippen molar-refractivity contribution in [2.24, 2.45) is 0 Å². The van der Waals surface area contributed by atoms with Crippen molar-refractivity contribution < 1.29 is 18.0 Å². The van der Waals surface area contributed by atoms with Crippen molar-refractivity contribution in [3.63, 3.8) is 0 Å². The second kappa shape index (κ2) is 12.3. The van der Waals surface area contributed by atoms with Gasteiger partial charge in [-0.1, -0.05) is 53.6 Å². The highest BCUT2D eigenvalue weighted by Gasteiger charge is 2.32. The fourth-order valence-corrected chi connectivity index (χ4v) is 5.65. The summed E-state index contributed by atoms with van der Waals surface area (Å²) in [5.74, 6) is -0.772. The molecule has 0 bridgehead atoms. The van der Waals surface area contributed by atoms with E-state index in [4.69, 9.17) is 0 Å². The minimum Gasteiger partial charge on any atom is -0.355 e. The monoisotopic (exact) mass is 535 g/mol. The van der Waals surface area contributed by atoms with E-state index >= 15 is 0 Å². The summed E-state index contributed by atoms with van der Waals surface area (Å²) in [6.07, 6.45) is 0. The summed E-state index contributed by atoms with van der Waals surface area (Å²) < 4.78 is 29.0. The number of likely N-dealkylation sites (N-methyl/N-ethyl adjacent to an activating group) is 1. The van der Waals surface area contributed by atoms with Crippen LogP contribution in [0.25, 0.3) is 0 Å². The van der Waals surface area contributed by atoms with Crippen LogP contribution in [-0.4, -0.2) is 44.3 Å². The van der Waals surface area contributed by atoms with Crippen molar-refractivity contribution in [1.82, 2.24) is 10.2 Å². The van der Waals surface area contributed by atoms with Gasteiger partial charge in [0.25, 0.3) is 10.0 Å². The zero-order valence-corrected chi connectivity index (χ0v) is 23.8. The number of carbonyl (C=O) groups excluding carboxylic acids is 2. The molecule has 0 radical (unpaired) electrons. The van der Waals surface area contributed by atoms with Crippen LogP contribution in [0.1, 0.15) is 41.7 Å². The maximum absolute atomic E-state index is 13.9. The lowest BCUT2D eigenvalue weighted by Crippen LogP contribution is -2.51. The van der Waals surface area contributed by atoms with Crippen molar-refractivity contribution in [2.75, 3.05) is 17.4 Å². The van der Waals surface area contributed by atoms with Gasteiger partial charge in [-0.2, -0.15) is 0 Å². The Bertz CT molecular complexity index is 1360. The van der Waals surface area contributed by atoms with E-state index in [1.807, 2.05) is 65.0 Å². The molecule has 0 fully saturated rings. The van der Waals surface area contributed by atoms with Crippen LogP contribution in [0.2, 0.25) is 0 Å². The summed E-state index contributed by atoms with van der Waals surface area (Å²) in [7, 11) is -4.08. The Morgan fingerprint density at radius 2 is 1.34 bits per heavy atom. The number of hydrogen-bond donors (Lipinski definition) is 1. The number of aryl methyl sites for hydroxylation is 4. The molecule has 0 heterocycles.